The summed E-state index contributed by atoms with van der Waals surface area (Å²) in [5, 5.41) is 0. The van der Waals surface area contributed by atoms with E-state index in [4.69, 9.17) is 14.2 Å². The maximum Gasteiger partial charge on any atom is 0.306 e. The quantitative estimate of drug-likeness (QED) is 0.0261. The maximum atomic E-state index is 12.9. The average molecular weight is 1090 g/mol. The van der Waals surface area contributed by atoms with E-state index in [9.17, 15) is 14.4 Å². The van der Waals surface area contributed by atoms with Gasteiger partial charge >= 0.3 is 17.9 Å². The Morgan fingerprint density at radius 2 is 0.494 bits per heavy atom. The molecule has 442 valence electrons. The van der Waals surface area contributed by atoms with Gasteiger partial charge in [0.2, 0.25) is 0 Å². The molecular formula is C73H114O6. The highest BCUT2D eigenvalue weighted by Crippen LogP contribution is 2.13. The number of esters is 3. The van der Waals surface area contributed by atoms with E-state index >= 15 is 0 Å². The van der Waals surface area contributed by atoms with Crippen LogP contribution in [0.25, 0.3) is 0 Å². The van der Waals surface area contributed by atoms with Gasteiger partial charge in [-0.25, -0.2) is 0 Å². The Bertz CT molecular complexity index is 1820. The van der Waals surface area contributed by atoms with Crippen LogP contribution in [-0.4, -0.2) is 37.2 Å². The van der Waals surface area contributed by atoms with Crippen LogP contribution in [0.15, 0.2) is 170 Å². The van der Waals surface area contributed by atoms with E-state index in [1.807, 2.05) is 0 Å². The lowest BCUT2D eigenvalue weighted by Crippen LogP contribution is -2.30. The first-order valence-corrected chi connectivity index (χ1v) is 31.6. The summed E-state index contributed by atoms with van der Waals surface area (Å²) >= 11 is 0. The molecule has 0 aliphatic rings. The third-order valence-corrected chi connectivity index (χ3v) is 12.7. The summed E-state index contributed by atoms with van der Waals surface area (Å²) < 4.78 is 16.8. The van der Waals surface area contributed by atoms with E-state index in [2.05, 4.69) is 191 Å². The van der Waals surface area contributed by atoms with Crippen molar-refractivity contribution in [3.63, 3.8) is 0 Å². The van der Waals surface area contributed by atoms with Crippen LogP contribution in [0.4, 0.5) is 0 Å². The minimum atomic E-state index is -0.817. The molecule has 0 aliphatic heterocycles. The van der Waals surface area contributed by atoms with Gasteiger partial charge in [0.1, 0.15) is 13.2 Å². The molecule has 0 saturated heterocycles. The van der Waals surface area contributed by atoms with Gasteiger partial charge in [-0.1, -0.05) is 249 Å². The minimum Gasteiger partial charge on any atom is -0.462 e. The molecule has 0 fully saturated rings. The molecule has 0 bridgehead atoms. The first-order valence-electron chi connectivity index (χ1n) is 31.6. The first kappa shape index (κ1) is 73.8. The van der Waals surface area contributed by atoms with Crippen molar-refractivity contribution >= 4 is 17.9 Å². The van der Waals surface area contributed by atoms with E-state index in [0.717, 1.165) is 167 Å². The van der Waals surface area contributed by atoms with Crippen molar-refractivity contribution in [1.82, 2.24) is 0 Å². The molecule has 0 spiro atoms. The van der Waals surface area contributed by atoms with Crippen LogP contribution in [0.5, 0.6) is 0 Å². The summed E-state index contributed by atoms with van der Waals surface area (Å²) in [6.07, 6.45) is 96.5. The summed E-state index contributed by atoms with van der Waals surface area (Å²) in [5.74, 6) is -0.988. The van der Waals surface area contributed by atoms with Crippen LogP contribution < -0.4 is 0 Å². The molecule has 0 aromatic carbocycles. The molecule has 0 aliphatic carbocycles. The molecule has 0 aromatic heterocycles. The molecule has 0 amide bonds. The monoisotopic (exact) mass is 1090 g/mol. The lowest BCUT2D eigenvalue weighted by molar-refractivity contribution is -0.167. The fourth-order valence-corrected chi connectivity index (χ4v) is 8.01. The van der Waals surface area contributed by atoms with E-state index in [1.54, 1.807) is 0 Å². The average Bonchev–Trinajstić information content (AvgIpc) is 3.45. The van der Waals surface area contributed by atoms with E-state index in [0.29, 0.717) is 12.8 Å². The highest BCUT2D eigenvalue weighted by atomic mass is 16.6. The number of allylic oxidation sites excluding steroid dienone is 28. The molecule has 0 N–H and O–H groups in total. The van der Waals surface area contributed by atoms with E-state index in [1.165, 1.54) is 38.5 Å². The second kappa shape index (κ2) is 65.3. The van der Waals surface area contributed by atoms with Gasteiger partial charge < -0.3 is 14.2 Å². The number of ether oxygens (including phenoxy) is 3. The fraction of sp³-hybridized carbons (Fsp3) is 0.575. The van der Waals surface area contributed by atoms with Crippen LogP contribution in [0, 0.1) is 0 Å². The van der Waals surface area contributed by atoms with Crippen molar-refractivity contribution in [3.05, 3.63) is 170 Å². The van der Waals surface area contributed by atoms with Gasteiger partial charge in [-0.15, -0.1) is 0 Å². The van der Waals surface area contributed by atoms with Crippen molar-refractivity contribution in [1.29, 1.82) is 0 Å². The summed E-state index contributed by atoms with van der Waals surface area (Å²) in [6, 6.07) is 0. The number of hydrogen-bond acceptors (Lipinski definition) is 6. The van der Waals surface area contributed by atoms with Crippen molar-refractivity contribution in [2.24, 2.45) is 0 Å². The van der Waals surface area contributed by atoms with Crippen molar-refractivity contribution < 1.29 is 28.6 Å². The van der Waals surface area contributed by atoms with Crippen molar-refractivity contribution in [3.8, 4) is 0 Å². The Kier molecular flexibility index (Phi) is 61.0. The lowest BCUT2D eigenvalue weighted by atomic mass is 10.1. The number of carbonyl (C=O) groups is 3. The molecule has 0 rings (SSSR count). The summed E-state index contributed by atoms with van der Waals surface area (Å²) in [5.41, 5.74) is 0. The molecule has 0 aromatic rings. The maximum absolute atomic E-state index is 12.9. The first-order chi connectivity index (χ1) is 39.0. The molecule has 79 heavy (non-hydrogen) atoms. The largest absolute Gasteiger partial charge is 0.462 e. The summed E-state index contributed by atoms with van der Waals surface area (Å²) in [6.45, 7) is 6.33. The molecule has 0 saturated carbocycles. The van der Waals surface area contributed by atoms with Gasteiger partial charge in [-0.3, -0.25) is 14.4 Å². The van der Waals surface area contributed by atoms with Crippen molar-refractivity contribution in [2.75, 3.05) is 13.2 Å². The molecule has 1 atom stereocenters. The molecule has 1 unspecified atom stereocenters. The molecule has 6 heteroatoms. The van der Waals surface area contributed by atoms with Crippen LogP contribution in [0.3, 0.4) is 0 Å². The molecule has 0 heterocycles. The Morgan fingerprint density at radius 3 is 0.810 bits per heavy atom. The van der Waals surface area contributed by atoms with Crippen LogP contribution >= 0.6 is 0 Å². The number of carbonyl (C=O) groups excluding carboxylic acids is 3. The van der Waals surface area contributed by atoms with E-state index in [-0.39, 0.29) is 44.0 Å². The Labute approximate surface area is 485 Å². The van der Waals surface area contributed by atoms with Crippen LogP contribution in [0.1, 0.15) is 252 Å². The van der Waals surface area contributed by atoms with E-state index < -0.39 is 6.10 Å². The fourth-order valence-electron chi connectivity index (χ4n) is 8.01. The van der Waals surface area contributed by atoms with Gasteiger partial charge in [0.25, 0.3) is 0 Å². The smallest absolute Gasteiger partial charge is 0.306 e. The Morgan fingerprint density at radius 1 is 0.266 bits per heavy atom. The summed E-state index contributed by atoms with van der Waals surface area (Å²) in [7, 11) is 0. The highest BCUT2D eigenvalue weighted by Gasteiger charge is 2.19. The second-order valence-electron chi connectivity index (χ2n) is 20.2. The number of hydrogen-bond donors (Lipinski definition) is 0. The van der Waals surface area contributed by atoms with Crippen LogP contribution in [-0.2, 0) is 28.6 Å². The minimum absolute atomic E-state index is 0.110. The molecular weight excluding hydrogens is 973 g/mol. The Hall–Kier alpha value is -5.23. The zero-order valence-electron chi connectivity index (χ0n) is 50.6. The molecule has 6 nitrogen and oxygen atoms in total. The topological polar surface area (TPSA) is 78.9 Å². The lowest BCUT2D eigenvalue weighted by Gasteiger charge is -2.18. The number of unbranched alkanes of at least 4 members (excludes halogenated alkanes) is 16. The SMILES string of the molecule is CC/C=C\C/C=C\C/C=C\C/C=C\C/C=C\C/C=C\C/C=C\C/C=C\C/C=C\C/C=C\CCCCC(=O)OCC(COC(=O)CCCCCCC/C=C\CCCCCC)OC(=O)CCCCCCC/C=C\C/C=C\C/C=C\CC. The Balaban J connectivity index is 4.41. The van der Waals surface area contributed by atoms with Gasteiger partial charge in [0, 0.05) is 19.3 Å². The standard InChI is InChI=1S/C73H114O6/c1-4-7-10-13-16-19-22-25-27-28-29-30-31-32-33-34-35-36-37-38-39-40-41-42-43-44-46-48-51-54-57-60-63-66-72(75)78-69-70(68-77-71(74)65-62-59-56-53-50-47-24-21-18-15-12-9-6-3)79-73(76)67-64-61-58-55-52-49-45-26-23-20-17-14-11-8-5-2/h7-8,10-11,16-17,19-21,24-27,29-30,32-33,35-36,38-39,41-42,44-46,51,54,70H,4-6,9,12-15,18,22-23,28,31,34,37,40,43,47-50,52-53,55-69H2,1-3H3/b10-7-,11-8-,19-16-,20-17-,24-21-,27-25-,30-29-,33-32-,36-35-,39-38-,42-41-,45-26-,46-44-,54-51-. The third-order valence-electron chi connectivity index (χ3n) is 12.7. The second-order valence-corrected chi connectivity index (χ2v) is 20.2. The zero-order chi connectivity index (χ0) is 57.1. The van der Waals surface area contributed by atoms with Crippen LogP contribution in [0.2, 0.25) is 0 Å². The molecule has 0 radical (unpaired) electrons. The predicted molar refractivity (Wildman–Crippen MR) is 343 cm³/mol. The van der Waals surface area contributed by atoms with Crippen molar-refractivity contribution in [2.45, 2.75) is 258 Å². The highest BCUT2D eigenvalue weighted by molar-refractivity contribution is 5.71. The van der Waals surface area contributed by atoms with Gasteiger partial charge in [0.05, 0.1) is 0 Å². The van der Waals surface area contributed by atoms with Gasteiger partial charge in [-0.2, -0.15) is 0 Å². The zero-order valence-corrected chi connectivity index (χ0v) is 50.6. The third kappa shape index (κ3) is 63.5. The predicted octanol–water partition coefficient (Wildman–Crippen LogP) is 21.9. The number of rotatable bonds is 55. The van der Waals surface area contributed by atoms with Gasteiger partial charge in [0.15, 0.2) is 6.10 Å². The summed E-state index contributed by atoms with van der Waals surface area (Å²) in [4.78, 5) is 38.2. The normalized spacial score (nSPS) is 13.3. The van der Waals surface area contributed by atoms with Gasteiger partial charge in [-0.05, 0) is 154 Å².